The first-order valence-electron chi connectivity index (χ1n) is 17.1. The van der Waals surface area contributed by atoms with Crippen molar-refractivity contribution in [2.45, 2.75) is 37.8 Å². The number of carboxylic acid groups (broad SMARTS) is 1. The number of carbonyl (C=O) groups excluding carboxylic acids is 3. The minimum absolute atomic E-state index is 0.0450. The number of ether oxygens (including phenoxy) is 4. The SMILES string of the molecule is COc1ccc(CN(C(=O)[O-])C2(COc3cc4nccc(Oc5ccc(NC(=O)C6(C(=O)Nc7ccc(F)cc7)CC6)cc5F)c4cc3OC)CC2)cc1. The Kier molecular flexibility index (Phi) is 9.67. The van der Waals surface area contributed by atoms with Crippen LogP contribution >= 0.6 is 0 Å². The third-order valence-corrected chi connectivity index (χ3v) is 9.73. The van der Waals surface area contributed by atoms with E-state index in [0.717, 1.165) is 11.6 Å². The van der Waals surface area contributed by atoms with E-state index in [1.54, 1.807) is 49.6 Å². The molecule has 0 bridgehead atoms. The van der Waals surface area contributed by atoms with Crippen LogP contribution in [0.5, 0.6) is 28.7 Å². The Balaban J connectivity index is 1.03. The molecule has 14 heteroatoms. The number of hydrogen-bond acceptors (Lipinski definition) is 9. The quantitative estimate of drug-likeness (QED) is 0.123. The largest absolute Gasteiger partial charge is 0.530 e. The molecule has 1 heterocycles. The molecule has 0 radical (unpaired) electrons. The van der Waals surface area contributed by atoms with E-state index < -0.39 is 40.5 Å². The van der Waals surface area contributed by atoms with E-state index in [9.17, 15) is 23.9 Å². The smallest absolute Gasteiger partial charge is 0.240 e. The van der Waals surface area contributed by atoms with E-state index in [1.807, 2.05) is 0 Å². The molecule has 2 aliphatic carbocycles. The van der Waals surface area contributed by atoms with Crippen molar-refractivity contribution in [3.05, 3.63) is 108 Å². The lowest BCUT2D eigenvalue weighted by Gasteiger charge is -2.34. The van der Waals surface area contributed by atoms with E-state index in [0.29, 0.717) is 59.5 Å². The lowest BCUT2D eigenvalue weighted by molar-refractivity contribution is -0.270. The fourth-order valence-electron chi connectivity index (χ4n) is 6.17. The second-order valence-corrected chi connectivity index (χ2v) is 13.3. The van der Waals surface area contributed by atoms with Crippen LogP contribution in [0.1, 0.15) is 31.2 Å². The van der Waals surface area contributed by atoms with Crippen molar-refractivity contribution in [3.63, 3.8) is 0 Å². The van der Waals surface area contributed by atoms with Crippen LogP contribution in [-0.2, 0) is 16.1 Å². The number of fused-ring (bicyclic) bond motifs is 1. The average molecular weight is 738 g/mol. The standard InChI is InChI=1S/C40H36F2N4O8/c1-51-28-10-3-24(4-11-28)22-46(38(49)50)39(14-15-39)23-53-35-21-31-29(20-34(35)52-2)32(13-18-43-31)54-33-12-9-27(19-30(33)42)45-37(48)40(16-17-40)36(47)44-26-7-5-25(41)6-8-26/h3-13,18-21H,14-17,22-23H2,1-2H3,(H,44,47)(H,45,48)(H,49,50)/p-1. The molecule has 54 heavy (non-hydrogen) atoms. The van der Waals surface area contributed by atoms with Crippen LogP contribution in [0.4, 0.5) is 25.0 Å². The Hall–Kier alpha value is -6.44. The zero-order chi connectivity index (χ0) is 38.0. The number of carbonyl (C=O) groups is 3. The molecule has 0 aliphatic heterocycles. The molecule has 278 valence electrons. The van der Waals surface area contributed by atoms with Gasteiger partial charge in [-0.3, -0.25) is 14.6 Å². The summed E-state index contributed by atoms with van der Waals surface area (Å²) in [5.74, 6) is -0.906. The number of pyridine rings is 1. The molecule has 0 spiro atoms. The first-order chi connectivity index (χ1) is 26.0. The molecule has 4 aromatic carbocycles. The van der Waals surface area contributed by atoms with Gasteiger partial charge in [-0.05, 0) is 91.9 Å². The molecule has 0 saturated heterocycles. The number of benzene rings is 4. The van der Waals surface area contributed by atoms with Gasteiger partial charge in [-0.15, -0.1) is 0 Å². The minimum atomic E-state index is -1.32. The molecule has 7 rings (SSSR count). The Morgan fingerprint density at radius 3 is 2.07 bits per heavy atom. The van der Waals surface area contributed by atoms with Crippen molar-refractivity contribution in [1.29, 1.82) is 0 Å². The average Bonchev–Trinajstić information content (AvgIpc) is 4.11. The number of nitrogens with one attached hydrogen (secondary N) is 2. The number of amides is 3. The normalized spacial score (nSPS) is 14.7. The Morgan fingerprint density at radius 2 is 1.46 bits per heavy atom. The summed E-state index contributed by atoms with van der Waals surface area (Å²) in [5, 5.41) is 18.0. The number of hydrogen-bond donors (Lipinski definition) is 2. The molecule has 0 unspecified atom stereocenters. The molecule has 2 aliphatic rings. The highest BCUT2D eigenvalue weighted by molar-refractivity contribution is 6.16. The van der Waals surface area contributed by atoms with Gasteiger partial charge in [0.25, 0.3) is 0 Å². The highest BCUT2D eigenvalue weighted by Gasteiger charge is 2.56. The van der Waals surface area contributed by atoms with Crippen molar-refractivity contribution >= 4 is 40.2 Å². The van der Waals surface area contributed by atoms with Gasteiger partial charge in [0.1, 0.15) is 35.4 Å². The summed E-state index contributed by atoms with van der Waals surface area (Å²) in [5.41, 5.74) is -0.398. The third-order valence-electron chi connectivity index (χ3n) is 9.73. The highest BCUT2D eigenvalue weighted by Crippen LogP contribution is 2.48. The predicted molar refractivity (Wildman–Crippen MR) is 191 cm³/mol. The van der Waals surface area contributed by atoms with Gasteiger partial charge in [0.05, 0.1) is 25.3 Å². The summed E-state index contributed by atoms with van der Waals surface area (Å²) in [6.45, 7) is 0.164. The number of aromatic nitrogens is 1. The summed E-state index contributed by atoms with van der Waals surface area (Å²) in [7, 11) is 3.02. The molecule has 2 N–H and O–H groups in total. The molecular formula is C40H35F2N4O8-. The fraction of sp³-hybridized carbons (Fsp3) is 0.250. The van der Waals surface area contributed by atoms with Crippen LogP contribution in [0.25, 0.3) is 10.9 Å². The summed E-state index contributed by atoms with van der Waals surface area (Å²) < 4.78 is 51.6. The number of rotatable bonds is 14. The Labute approximate surface area is 308 Å². The number of halogens is 2. The Morgan fingerprint density at radius 1 is 0.778 bits per heavy atom. The highest BCUT2D eigenvalue weighted by atomic mass is 19.1. The zero-order valence-corrected chi connectivity index (χ0v) is 29.3. The predicted octanol–water partition coefficient (Wildman–Crippen LogP) is 6.44. The lowest BCUT2D eigenvalue weighted by Crippen LogP contribution is -2.51. The molecular weight excluding hydrogens is 702 g/mol. The molecule has 1 aromatic heterocycles. The monoisotopic (exact) mass is 737 g/mol. The van der Waals surface area contributed by atoms with Crippen LogP contribution in [0, 0.1) is 17.0 Å². The second kappa shape index (κ2) is 14.5. The summed E-state index contributed by atoms with van der Waals surface area (Å²) >= 11 is 0. The number of methoxy groups -OCH3 is 2. The number of nitrogens with zero attached hydrogens (tertiary/aromatic N) is 2. The second-order valence-electron chi connectivity index (χ2n) is 13.3. The molecule has 0 atom stereocenters. The van der Waals surface area contributed by atoms with Crippen LogP contribution in [0.3, 0.4) is 0 Å². The van der Waals surface area contributed by atoms with E-state index in [1.165, 1.54) is 54.6 Å². The summed E-state index contributed by atoms with van der Waals surface area (Å²) in [4.78, 5) is 44.0. The number of anilines is 2. The van der Waals surface area contributed by atoms with Gasteiger partial charge in [-0.1, -0.05) is 12.1 Å². The van der Waals surface area contributed by atoms with Crippen molar-refractivity contribution in [2.75, 3.05) is 31.5 Å². The minimum Gasteiger partial charge on any atom is -0.530 e. The topological polar surface area (TPSA) is 151 Å². The van der Waals surface area contributed by atoms with E-state index in [-0.39, 0.29) is 30.3 Å². The van der Waals surface area contributed by atoms with Crippen LogP contribution in [-0.4, -0.2) is 54.2 Å². The van der Waals surface area contributed by atoms with E-state index in [4.69, 9.17) is 18.9 Å². The maximum atomic E-state index is 15.4. The van der Waals surface area contributed by atoms with Gasteiger partial charge >= 0.3 is 0 Å². The van der Waals surface area contributed by atoms with Gasteiger partial charge in [-0.2, -0.15) is 0 Å². The maximum Gasteiger partial charge on any atom is 0.240 e. The van der Waals surface area contributed by atoms with Crippen molar-refractivity contribution < 1.29 is 47.2 Å². The van der Waals surface area contributed by atoms with E-state index in [2.05, 4.69) is 15.6 Å². The van der Waals surface area contributed by atoms with Crippen LogP contribution in [0.15, 0.2) is 91.1 Å². The molecule has 12 nitrogen and oxygen atoms in total. The van der Waals surface area contributed by atoms with Gasteiger partial charge in [0, 0.05) is 41.6 Å². The van der Waals surface area contributed by atoms with Crippen molar-refractivity contribution in [1.82, 2.24) is 9.88 Å². The van der Waals surface area contributed by atoms with Crippen LogP contribution < -0.4 is 34.7 Å². The molecule has 5 aromatic rings. The maximum absolute atomic E-state index is 15.4. The molecule has 3 amide bonds. The fourth-order valence-corrected chi connectivity index (χ4v) is 6.17. The first-order valence-corrected chi connectivity index (χ1v) is 17.1. The van der Waals surface area contributed by atoms with Crippen LogP contribution in [0.2, 0.25) is 0 Å². The van der Waals surface area contributed by atoms with Gasteiger partial charge in [0.2, 0.25) is 11.8 Å². The van der Waals surface area contributed by atoms with Gasteiger partial charge < -0.3 is 44.4 Å². The summed E-state index contributed by atoms with van der Waals surface area (Å²) in [6.07, 6.45) is 1.98. The van der Waals surface area contributed by atoms with Crippen molar-refractivity contribution in [3.8, 4) is 28.7 Å². The van der Waals surface area contributed by atoms with Crippen molar-refractivity contribution in [2.24, 2.45) is 5.41 Å². The van der Waals surface area contributed by atoms with Gasteiger partial charge in [-0.25, -0.2) is 8.78 Å². The molecule has 2 fully saturated rings. The molecule has 2 saturated carbocycles. The lowest BCUT2D eigenvalue weighted by atomic mass is 10.0. The van der Waals surface area contributed by atoms with Gasteiger partial charge in [0.15, 0.2) is 23.1 Å². The first kappa shape index (κ1) is 35.9. The zero-order valence-electron chi connectivity index (χ0n) is 29.3. The summed E-state index contributed by atoms with van der Waals surface area (Å²) in [6, 6.07) is 21.1. The Bertz CT molecular complexity index is 2220. The van der Waals surface area contributed by atoms with E-state index >= 15 is 4.39 Å². The third kappa shape index (κ3) is 7.40.